The Hall–Kier alpha value is 0.640. The standard InChI is InChI=1S/C14H18Cl4/c1-13(2)7(5-9(15)16)11(13)12-8(6-10(17)18)14(12,3)4/h5-8,11-12H,1-4H3. The fourth-order valence-corrected chi connectivity index (χ4v) is 4.26. The fourth-order valence-electron chi connectivity index (χ4n) is 3.72. The summed E-state index contributed by atoms with van der Waals surface area (Å²) in [6, 6.07) is 0. The molecule has 0 bridgehead atoms. The molecule has 0 aromatic rings. The first kappa shape index (κ1) is 15.0. The van der Waals surface area contributed by atoms with Crippen molar-refractivity contribution in [2.45, 2.75) is 27.7 Å². The lowest BCUT2D eigenvalue weighted by atomic mass is 10.0. The highest BCUT2D eigenvalue weighted by molar-refractivity contribution is 6.56. The van der Waals surface area contributed by atoms with Crippen molar-refractivity contribution in [2.75, 3.05) is 0 Å². The number of hydrogen-bond acceptors (Lipinski definition) is 0. The molecule has 0 spiro atoms. The Kier molecular flexibility index (Phi) is 3.83. The van der Waals surface area contributed by atoms with Crippen LogP contribution in [0.1, 0.15) is 27.7 Å². The van der Waals surface area contributed by atoms with Crippen LogP contribution >= 0.6 is 46.4 Å². The van der Waals surface area contributed by atoms with Crippen LogP contribution in [0.5, 0.6) is 0 Å². The van der Waals surface area contributed by atoms with Crippen molar-refractivity contribution >= 4 is 46.4 Å². The van der Waals surface area contributed by atoms with E-state index in [1.54, 1.807) is 0 Å². The molecule has 2 saturated carbocycles. The van der Waals surface area contributed by atoms with Crippen molar-refractivity contribution in [3.63, 3.8) is 0 Å². The quantitative estimate of drug-likeness (QED) is 0.581. The number of halogens is 4. The summed E-state index contributed by atoms with van der Waals surface area (Å²) in [7, 11) is 0. The van der Waals surface area contributed by atoms with Crippen LogP contribution < -0.4 is 0 Å². The molecule has 4 atom stereocenters. The molecule has 0 aromatic heterocycles. The van der Waals surface area contributed by atoms with Gasteiger partial charge >= 0.3 is 0 Å². The molecule has 4 heteroatoms. The third-order valence-corrected chi connectivity index (χ3v) is 5.49. The van der Waals surface area contributed by atoms with Crippen molar-refractivity contribution in [2.24, 2.45) is 34.5 Å². The van der Waals surface area contributed by atoms with Gasteiger partial charge in [0, 0.05) is 0 Å². The number of allylic oxidation sites excluding steroid dienone is 2. The van der Waals surface area contributed by atoms with E-state index >= 15 is 0 Å². The second kappa shape index (κ2) is 4.58. The monoisotopic (exact) mass is 326 g/mol. The van der Waals surface area contributed by atoms with Crippen molar-refractivity contribution in [1.82, 2.24) is 0 Å². The molecule has 2 aliphatic carbocycles. The van der Waals surface area contributed by atoms with Crippen molar-refractivity contribution < 1.29 is 0 Å². The zero-order valence-electron chi connectivity index (χ0n) is 11.0. The molecule has 0 N–H and O–H groups in total. The van der Waals surface area contributed by atoms with E-state index in [0.29, 0.717) is 32.7 Å². The third kappa shape index (κ3) is 2.46. The highest BCUT2D eigenvalue weighted by Gasteiger charge is 2.71. The van der Waals surface area contributed by atoms with Gasteiger partial charge in [0.1, 0.15) is 8.98 Å². The Morgan fingerprint density at radius 3 is 1.22 bits per heavy atom. The lowest BCUT2D eigenvalue weighted by Crippen LogP contribution is -1.97. The van der Waals surface area contributed by atoms with E-state index in [1.807, 2.05) is 12.2 Å². The molecule has 0 amide bonds. The van der Waals surface area contributed by atoms with Crippen LogP contribution in [0.2, 0.25) is 0 Å². The fraction of sp³-hybridized carbons (Fsp3) is 0.714. The first-order valence-corrected chi connectivity index (χ1v) is 7.67. The van der Waals surface area contributed by atoms with Crippen LogP contribution in [0, 0.1) is 34.5 Å². The van der Waals surface area contributed by atoms with Crippen LogP contribution in [-0.4, -0.2) is 0 Å². The molecule has 2 rings (SSSR count). The molecule has 0 aliphatic heterocycles. The second-order valence-corrected chi connectivity index (χ2v) is 8.67. The predicted molar refractivity (Wildman–Crippen MR) is 81.1 cm³/mol. The Balaban J connectivity index is 2.16. The van der Waals surface area contributed by atoms with Gasteiger partial charge < -0.3 is 0 Å². The molecule has 0 nitrogen and oxygen atoms in total. The summed E-state index contributed by atoms with van der Waals surface area (Å²) in [6.07, 6.45) is 3.95. The Labute approximate surface area is 129 Å². The maximum absolute atomic E-state index is 5.79. The molecule has 102 valence electrons. The van der Waals surface area contributed by atoms with Gasteiger partial charge in [0.25, 0.3) is 0 Å². The second-order valence-electron chi connectivity index (χ2n) is 6.66. The largest absolute Gasteiger partial charge is 0.103 e. The van der Waals surface area contributed by atoms with Crippen LogP contribution in [0.4, 0.5) is 0 Å². The number of rotatable bonds is 3. The predicted octanol–water partition coefficient (Wildman–Crippen LogP) is 6.17. The highest BCUT2D eigenvalue weighted by Crippen LogP contribution is 2.76. The minimum absolute atomic E-state index is 0.262. The SMILES string of the molecule is CC1(C)C(C=C(Cl)Cl)C1C1C(C=C(Cl)Cl)C1(C)C. The van der Waals surface area contributed by atoms with Crippen molar-refractivity contribution in [1.29, 1.82) is 0 Å². The van der Waals surface area contributed by atoms with Crippen LogP contribution in [-0.2, 0) is 0 Å². The molecule has 0 radical (unpaired) electrons. The summed E-state index contributed by atoms with van der Waals surface area (Å²) < 4.78 is 0.744. The summed E-state index contributed by atoms with van der Waals surface area (Å²) in [4.78, 5) is 0. The van der Waals surface area contributed by atoms with Crippen molar-refractivity contribution in [3.8, 4) is 0 Å². The molecule has 2 aliphatic rings. The molecule has 4 unspecified atom stereocenters. The lowest BCUT2D eigenvalue weighted by molar-refractivity contribution is 0.447. The average molecular weight is 328 g/mol. The first-order chi connectivity index (χ1) is 8.10. The van der Waals surface area contributed by atoms with E-state index in [9.17, 15) is 0 Å². The van der Waals surface area contributed by atoms with E-state index < -0.39 is 0 Å². The molecular weight excluding hydrogens is 310 g/mol. The highest BCUT2D eigenvalue weighted by atomic mass is 35.5. The number of hydrogen-bond donors (Lipinski definition) is 0. The Morgan fingerprint density at radius 2 is 1.00 bits per heavy atom. The summed E-state index contributed by atoms with van der Waals surface area (Å²) >= 11 is 23.2. The molecule has 18 heavy (non-hydrogen) atoms. The Bertz CT molecular complexity index is 372. The maximum atomic E-state index is 5.79. The normalized spacial score (nSPS) is 38.9. The maximum Gasteiger partial charge on any atom is 0.103 e. The van der Waals surface area contributed by atoms with Crippen LogP contribution in [0.3, 0.4) is 0 Å². The zero-order chi connectivity index (χ0) is 13.9. The van der Waals surface area contributed by atoms with Gasteiger partial charge in [-0.2, -0.15) is 0 Å². The van der Waals surface area contributed by atoms with Gasteiger partial charge in [-0.25, -0.2) is 0 Å². The van der Waals surface area contributed by atoms with Gasteiger partial charge in [-0.3, -0.25) is 0 Å². The van der Waals surface area contributed by atoms with Crippen LogP contribution in [0.15, 0.2) is 21.1 Å². The topological polar surface area (TPSA) is 0 Å². The van der Waals surface area contributed by atoms with E-state index in [0.717, 1.165) is 0 Å². The van der Waals surface area contributed by atoms with Crippen molar-refractivity contribution in [3.05, 3.63) is 21.1 Å². The average Bonchev–Trinajstić information content (AvgIpc) is 2.86. The van der Waals surface area contributed by atoms with Gasteiger partial charge in [0.05, 0.1) is 0 Å². The van der Waals surface area contributed by atoms with Gasteiger partial charge in [-0.05, 0) is 34.5 Å². The summed E-state index contributed by atoms with van der Waals surface area (Å²) in [6.45, 7) is 9.08. The minimum atomic E-state index is 0.262. The smallest absolute Gasteiger partial charge is 0.0712 e. The van der Waals surface area contributed by atoms with Crippen LogP contribution in [0.25, 0.3) is 0 Å². The van der Waals surface area contributed by atoms with Gasteiger partial charge in [-0.1, -0.05) is 86.3 Å². The van der Waals surface area contributed by atoms with E-state index in [4.69, 9.17) is 46.4 Å². The van der Waals surface area contributed by atoms with E-state index in [1.165, 1.54) is 0 Å². The first-order valence-electron chi connectivity index (χ1n) is 6.15. The van der Waals surface area contributed by atoms with E-state index in [-0.39, 0.29) is 10.8 Å². The third-order valence-electron chi connectivity index (χ3n) is 4.99. The molecular formula is C14H18Cl4. The van der Waals surface area contributed by atoms with Gasteiger partial charge in [0.2, 0.25) is 0 Å². The minimum Gasteiger partial charge on any atom is -0.0712 e. The molecule has 0 saturated heterocycles. The summed E-state index contributed by atoms with van der Waals surface area (Å²) in [5.74, 6) is 2.13. The summed E-state index contributed by atoms with van der Waals surface area (Å²) in [5.41, 5.74) is 0.524. The lowest BCUT2D eigenvalue weighted by Gasteiger charge is -2.03. The summed E-state index contributed by atoms with van der Waals surface area (Å²) in [5, 5.41) is 0. The van der Waals surface area contributed by atoms with Gasteiger partial charge in [-0.15, -0.1) is 0 Å². The van der Waals surface area contributed by atoms with Gasteiger partial charge in [0.15, 0.2) is 0 Å². The Morgan fingerprint density at radius 1 is 0.722 bits per heavy atom. The molecule has 0 aromatic carbocycles. The molecule has 2 fully saturated rings. The van der Waals surface area contributed by atoms with E-state index in [2.05, 4.69) is 27.7 Å². The molecule has 0 heterocycles. The zero-order valence-corrected chi connectivity index (χ0v) is 14.0.